The monoisotopic (exact) mass is 255 g/mol. The van der Waals surface area contributed by atoms with Crippen molar-refractivity contribution in [2.75, 3.05) is 20.1 Å². The van der Waals surface area contributed by atoms with Crippen molar-refractivity contribution in [3.63, 3.8) is 0 Å². The highest BCUT2D eigenvalue weighted by atomic mass is 16.5. The van der Waals surface area contributed by atoms with Gasteiger partial charge in [0.2, 0.25) is 0 Å². The fraction of sp³-hybridized carbons (Fsp3) is 0.538. The number of hydrogen-bond donors (Lipinski definition) is 0. The molecule has 0 aromatic heterocycles. The number of rotatable bonds is 8. The van der Waals surface area contributed by atoms with Crippen molar-refractivity contribution in [3.8, 4) is 0 Å². The Morgan fingerprint density at radius 3 is 1.67 bits per heavy atom. The second-order valence-electron chi connectivity index (χ2n) is 4.12. The molecule has 0 amide bonds. The maximum atomic E-state index is 11.0. The van der Waals surface area contributed by atoms with Crippen LogP contribution in [0, 0.1) is 0 Å². The molecule has 0 bridgehead atoms. The Hall–Kier alpha value is -1.62. The van der Waals surface area contributed by atoms with E-state index in [0.29, 0.717) is 13.1 Å². The summed E-state index contributed by atoms with van der Waals surface area (Å²) in [6, 6.07) is 0. The minimum atomic E-state index is -0.443. The Morgan fingerprint density at radius 2 is 1.39 bits per heavy atom. The van der Waals surface area contributed by atoms with E-state index in [1.807, 2.05) is 11.9 Å². The molecule has 0 radical (unpaired) electrons. The first-order valence-electron chi connectivity index (χ1n) is 5.73. The van der Waals surface area contributed by atoms with E-state index in [4.69, 9.17) is 9.47 Å². The van der Waals surface area contributed by atoms with Gasteiger partial charge in [-0.05, 0) is 20.9 Å². The van der Waals surface area contributed by atoms with E-state index in [9.17, 15) is 9.59 Å². The number of ether oxygens (including phenoxy) is 2. The maximum Gasteiger partial charge on any atom is 0.330 e. The van der Waals surface area contributed by atoms with Gasteiger partial charge in [0, 0.05) is 25.2 Å². The molecule has 0 saturated carbocycles. The quantitative estimate of drug-likeness (QED) is 0.481. The fourth-order valence-corrected chi connectivity index (χ4v) is 1.52. The van der Waals surface area contributed by atoms with Crippen molar-refractivity contribution < 1.29 is 19.1 Å². The summed E-state index contributed by atoms with van der Waals surface area (Å²) >= 11 is 0. The fourth-order valence-electron chi connectivity index (χ4n) is 1.52. The second kappa shape index (κ2) is 8.47. The molecule has 0 N–H and O–H groups in total. The molecule has 0 aromatic rings. The van der Waals surface area contributed by atoms with Crippen molar-refractivity contribution in [2.24, 2.45) is 0 Å². The van der Waals surface area contributed by atoms with E-state index >= 15 is 0 Å². The lowest BCUT2D eigenvalue weighted by Crippen LogP contribution is -2.36. The van der Waals surface area contributed by atoms with Crippen molar-refractivity contribution in [3.05, 3.63) is 25.3 Å². The summed E-state index contributed by atoms with van der Waals surface area (Å²) in [6.07, 6.45) is 1.77. The van der Waals surface area contributed by atoms with Gasteiger partial charge in [-0.1, -0.05) is 13.2 Å². The normalized spacial score (nSPS) is 13.6. The molecule has 0 aliphatic carbocycles. The Bertz CT molecular complexity index is 284. The molecule has 18 heavy (non-hydrogen) atoms. The van der Waals surface area contributed by atoms with Crippen LogP contribution in [0.3, 0.4) is 0 Å². The van der Waals surface area contributed by atoms with Crippen LogP contribution in [0.5, 0.6) is 0 Å². The van der Waals surface area contributed by atoms with Crippen molar-refractivity contribution >= 4 is 11.9 Å². The van der Waals surface area contributed by atoms with Crippen LogP contribution in [0.15, 0.2) is 25.3 Å². The highest BCUT2D eigenvalue weighted by Gasteiger charge is 2.14. The molecule has 0 spiro atoms. The predicted molar refractivity (Wildman–Crippen MR) is 69.0 cm³/mol. The van der Waals surface area contributed by atoms with Crippen molar-refractivity contribution in [2.45, 2.75) is 26.1 Å². The first-order chi connectivity index (χ1) is 8.38. The van der Waals surface area contributed by atoms with Gasteiger partial charge >= 0.3 is 11.9 Å². The van der Waals surface area contributed by atoms with Crippen LogP contribution in [0.4, 0.5) is 0 Å². The highest BCUT2D eigenvalue weighted by molar-refractivity contribution is 5.81. The average molecular weight is 255 g/mol. The zero-order chi connectivity index (χ0) is 14.1. The Morgan fingerprint density at radius 1 is 1.06 bits per heavy atom. The van der Waals surface area contributed by atoms with Gasteiger partial charge in [0.25, 0.3) is 0 Å². The highest BCUT2D eigenvalue weighted by Crippen LogP contribution is 2.00. The Balaban J connectivity index is 3.98. The van der Waals surface area contributed by atoms with Crippen LogP contribution in [-0.2, 0) is 19.1 Å². The summed E-state index contributed by atoms with van der Waals surface area (Å²) in [7, 11) is 1.86. The molecule has 0 fully saturated rings. The first-order valence-corrected chi connectivity index (χ1v) is 5.73. The minimum Gasteiger partial charge on any atom is -0.458 e. The first kappa shape index (κ1) is 16.4. The van der Waals surface area contributed by atoms with E-state index in [1.165, 1.54) is 0 Å². The van der Waals surface area contributed by atoms with Crippen LogP contribution in [0.1, 0.15) is 13.8 Å². The van der Waals surface area contributed by atoms with Crippen LogP contribution in [-0.4, -0.2) is 49.2 Å². The molecule has 0 heterocycles. The van der Waals surface area contributed by atoms with Gasteiger partial charge in [-0.3, -0.25) is 4.90 Å². The zero-order valence-electron chi connectivity index (χ0n) is 11.2. The van der Waals surface area contributed by atoms with E-state index in [0.717, 1.165) is 12.2 Å². The van der Waals surface area contributed by atoms with Crippen LogP contribution in [0.25, 0.3) is 0 Å². The van der Waals surface area contributed by atoms with Crippen molar-refractivity contribution in [1.29, 1.82) is 0 Å². The summed E-state index contributed by atoms with van der Waals surface area (Å²) in [4.78, 5) is 23.9. The third-order valence-electron chi connectivity index (χ3n) is 2.11. The van der Waals surface area contributed by atoms with Crippen molar-refractivity contribution in [1.82, 2.24) is 4.90 Å². The van der Waals surface area contributed by atoms with E-state index in [1.54, 1.807) is 13.8 Å². The molecule has 102 valence electrons. The van der Waals surface area contributed by atoms with Crippen LogP contribution >= 0.6 is 0 Å². The summed E-state index contributed by atoms with van der Waals surface area (Å²) in [5, 5.41) is 0. The maximum absolute atomic E-state index is 11.0. The van der Waals surface area contributed by atoms with E-state index in [-0.39, 0.29) is 12.2 Å². The molecule has 5 heteroatoms. The van der Waals surface area contributed by atoms with Gasteiger partial charge < -0.3 is 9.47 Å². The predicted octanol–water partition coefficient (Wildman–Crippen LogP) is 1.15. The number of hydrogen-bond acceptors (Lipinski definition) is 5. The van der Waals surface area contributed by atoms with Crippen LogP contribution < -0.4 is 0 Å². The van der Waals surface area contributed by atoms with Gasteiger partial charge in [0.05, 0.1) is 0 Å². The Kier molecular flexibility index (Phi) is 7.71. The largest absolute Gasteiger partial charge is 0.458 e. The number of carbonyl (C=O) groups is 2. The third-order valence-corrected chi connectivity index (χ3v) is 2.11. The van der Waals surface area contributed by atoms with Gasteiger partial charge in [-0.2, -0.15) is 0 Å². The molecule has 0 aromatic carbocycles. The van der Waals surface area contributed by atoms with Gasteiger partial charge in [-0.15, -0.1) is 0 Å². The lowest BCUT2D eigenvalue weighted by Gasteiger charge is -2.23. The molecule has 0 rings (SSSR count). The third kappa shape index (κ3) is 7.62. The molecule has 2 unspecified atom stereocenters. The van der Waals surface area contributed by atoms with Gasteiger partial charge in [0.1, 0.15) is 12.2 Å². The summed E-state index contributed by atoms with van der Waals surface area (Å²) in [6.45, 7) is 11.3. The zero-order valence-corrected chi connectivity index (χ0v) is 11.2. The molecule has 5 nitrogen and oxygen atoms in total. The van der Waals surface area contributed by atoms with Gasteiger partial charge in [-0.25, -0.2) is 9.59 Å². The number of nitrogens with zero attached hydrogens (tertiary/aromatic N) is 1. The van der Waals surface area contributed by atoms with Gasteiger partial charge in [0.15, 0.2) is 0 Å². The summed E-state index contributed by atoms with van der Waals surface area (Å²) < 4.78 is 10.1. The Labute approximate surface area is 108 Å². The van der Waals surface area contributed by atoms with E-state index < -0.39 is 11.9 Å². The van der Waals surface area contributed by atoms with E-state index in [2.05, 4.69) is 13.2 Å². The SMILES string of the molecule is C=CC(=O)OC(C)CN(C)CC(C)OC(=O)C=C. The summed E-state index contributed by atoms with van der Waals surface area (Å²) in [5.74, 6) is -0.885. The summed E-state index contributed by atoms with van der Waals surface area (Å²) in [5.41, 5.74) is 0. The molecular weight excluding hydrogens is 234 g/mol. The molecule has 0 aliphatic heterocycles. The molecule has 2 atom stereocenters. The smallest absolute Gasteiger partial charge is 0.330 e. The standard InChI is InChI=1S/C13H21NO4/c1-6-12(15)17-10(3)8-14(5)9-11(4)18-13(16)7-2/h6-7,10-11H,1-2,8-9H2,3-5H3. The van der Waals surface area contributed by atoms with Crippen LogP contribution in [0.2, 0.25) is 0 Å². The number of likely N-dealkylation sites (N-methyl/N-ethyl adjacent to an activating group) is 1. The number of esters is 2. The molecular formula is C13H21NO4. The number of carbonyl (C=O) groups excluding carboxylic acids is 2. The second-order valence-corrected chi connectivity index (χ2v) is 4.12. The molecule has 0 aliphatic rings. The topological polar surface area (TPSA) is 55.8 Å². The minimum absolute atomic E-state index is 0.247. The average Bonchev–Trinajstić information content (AvgIpc) is 2.27. The lowest BCUT2D eigenvalue weighted by molar-refractivity contribution is -0.143. The molecule has 0 saturated heterocycles. The lowest BCUT2D eigenvalue weighted by atomic mass is 10.3.